The van der Waals surface area contributed by atoms with Gasteiger partial charge in [-0.1, -0.05) is 0 Å². The quantitative estimate of drug-likeness (QED) is 0.774. The van der Waals surface area contributed by atoms with E-state index in [2.05, 4.69) is 78.7 Å². The van der Waals surface area contributed by atoms with Crippen molar-refractivity contribution in [3.05, 3.63) is 17.2 Å². The lowest BCUT2D eigenvalue weighted by Crippen LogP contribution is -2.70. The van der Waals surface area contributed by atoms with Crippen molar-refractivity contribution in [1.82, 2.24) is 14.5 Å². The molecule has 20 heavy (non-hydrogen) atoms. The van der Waals surface area contributed by atoms with E-state index in [9.17, 15) is 0 Å². The molecule has 0 bridgehead atoms. The van der Waals surface area contributed by atoms with Gasteiger partial charge in [0.2, 0.25) is 0 Å². The van der Waals surface area contributed by atoms with Crippen LogP contribution in [-0.2, 0) is 11.1 Å². The van der Waals surface area contributed by atoms with Crippen molar-refractivity contribution in [2.45, 2.75) is 91.9 Å². The van der Waals surface area contributed by atoms with E-state index in [0.29, 0.717) is 6.04 Å². The second-order valence-electron chi connectivity index (χ2n) is 8.08. The van der Waals surface area contributed by atoms with Crippen LogP contribution < -0.4 is 0 Å². The monoisotopic (exact) mass is 277 g/mol. The molecule has 2 rings (SSSR count). The van der Waals surface area contributed by atoms with Crippen molar-refractivity contribution in [2.24, 2.45) is 0 Å². The molecule has 0 atom stereocenters. The number of fused-ring (bicyclic) bond motifs is 1. The van der Waals surface area contributed by atoms with E-state index < -0.39 is 0 Å². The average molecular weight is 277 g/mol. The molecule has 0 unspecified atom stereocenters. The summed E-state index contributed by atoms with van der Waals surface area (Å²) in [6, 6.07) is 0.477. The third-order valence-electron chi connectivity index (χ3n) is 5.67. The fraction of sp³-hybridized carbons (Fsp3) is 0.824. The van der Waals surface area contributed by atoms with E-state index in [1.165, 1.54) is 11.5 Å². The minimum absolute atomic E-state index is 0.00741. The Bertz CT molecular complexity index is 533. The van der Waals surface area contributed by atoms with E-state index in [4.69, 9.17) is 4.98 Å². The number of aryl methyl sites for hydroxylation is 1. The molecule has 0 saturated heterocycles. The molecule has 3 nitrogen and oxygen atoms in total. The van der Waals surface area contributed by atoms with Crippen molar-refractivity contribution in [3.63, 3.8) is 0 Å². The second kappa shape index (κ2) is 4.09. The molecule has 1 aliphatic heterocycles. The number of nitrogens with zero attached hydrogens (tertiary/aromatic N) is 3. The van der Waals surface area contributed by atoms with Crippen LogP contribution in [0.3, 0.4) is 0 Å². The molecule has 0 aromatic carbocycles. The first-order valence-corrected chi connectivity index (χ1v) is 7.73. The smallest absolute Gasteiger partial charge is 0.129 e. The summed E-state index contributed by atoms with van der Waals surface area (Å²) in [6.07, 6.45) is 0. The summed E-state index contributed by atoms with van der Waals surface area (Å²) in [5, 5.41) is 0. The van der Waals surface area contributed by atoms with Crippen LogP contribution in [0.2, 0.25) is 0 Å². The molecular weight excluding hydrogens is 246 g/mol. The molecule has 0 amide bonds. The number of hydrogen-bond donors (Lipinski definition) is 0. The van der Waals surface area contributed by atoms with Crippen LogP contribution in [-0.4, -0.2) is 26.0 Å². The molecule has 2 heterocycles. The molecule has 1 aromatic heterocycles. The van der Waals surface area contributed by atoms with Gasteiger partial charge in [-0.25, -0.2) is 4.98 Å². The minimum atomic E-state index is -0.0633. The maximum Gasteiger partial charge on any atom is 0.129 e. The molecule has 1 aliphatic rings. The van der Waals surface area contributed by atoms with Crippen LogP contribution in [0.4, 0.5) is 0 Å². The molecule has 0 saturated carbocycles. The lowest BCUT2D eigenvalue weighted by molar-refractivity contribution is -0.107. The Morgan fingerprint density at radius 2 is 1.40 bits per heavy atom. The predicted molar refractivity (Wildman–Crippen MR) is 85.1 cm³/mol. The van der Waals surface area contributed by atoms with Crippen molar-refractivity contribution in [1.29, 1.82) is 0 Å². The molecule has 0 spiro atoms. The lowest BCUT2D eigenvalue weighted by Gasteiger charge is -2.62. The molecule has 1 aromatic rings. The van der Waals surface area contributed by atoms with Gasteiger partial charge in [0.25, 0.3) is 0 Å². The standard InChI is InChI=1S/C17H31N3/c1-11(2)20-15(5,6)14-18-12(3)13(4)19(14)16(7,8)17(20,9)10/h11H,1-10H3. The van der Waals surface area contributed by atoms with Gasteiger partial charge in [0.05, 0.1) is 16.8 Å². The molecule has 3 heteroatoms. The normalized spacial score (nSPS) is 23.9. The van der Waals surface area contributed by atoms with Gasteiger partial charge in [-0.3, -0.25) is 4.90 Å². The van der Waals surface area contributed by atoms with Gasteiger partial charge < -0.3 is 4.57 Å². The maximum absolute atomic E-state index is 4.92. The summed E-state index contributed by atoms with van der Waals surface area (Å²) < 4.78 is 2.47. The van der Waals surface area contributed by atoms with Gasteiger partial charge >= 0.3 is 0 Å². The second-order valence-corrected chi connectivity index (χ2v) is 8.08. The maximum atomic E-state index is 4.92. The first kappa shape index (κ1) is 15.6. The highest BCUT2D eigenvalue weighted by atomic mass is 15.4. The van der Waals surface area contributed by atoms with Gasteiger partial charge in [0.1, 0.15) is 5.82 Å². The predicted octanol–water partition coefficient (Wildman–Crippen LogP) is 3.97. The third-order valence-corrected chi connectivity index (χ3v) is 5.67. The van der Waals surface area contributed by atoms with Gasteiger partial charge in [0.15, 0.2) is 0 Å². The van der Waals surface area contributed by atoms with Gasteiger partial charge in [-0.05, 0) is 69.2 Å². The number of rotatable bonds is 1. The van der Waals surface area contributed by atoms with E-state index in [0.717, 1.165) is 5.69 Å². The third kappa shape index (κ3) is 1.65. The number of imidazole rings is 1. The topological polar surface area (TPSA) is 21.1 Å². The Morgan fingerprint density at radius 1 is 0.900 bits per heavy atom. The van der Waals surface area contributed by atoms with E-state index >= 15 is 0 Å². The first-order valence-electron chi connectivity index (χ1n) is 7.73. The zero-order chi connectivity index (χ0) is 15.7. The highest BCUT2D eigenvalue weighted by Crippen LogP contribution is 2.49. The van der Waals surface area contributed by atoms with Crippen LogP contribution >= 0.6 is 0 Å². The molecule has 114 valence electrons. The molecule has 0 radical (unpaired) electrons. The zero-order valence-corrected chi connectivity index (χ0v) is 14.9. The fourth-order valence-electron chi connectivity index (χ4n) is 4.37. The molecule has 0 N–H and O–H groups in total. The minimum Gasteiger partial charge on any atom is -0.323 e. The van der Waals surface area contributed by atoms with Crippen LogP contribution in [0, 0.1) is 13.8 Å². The molecular formula is C17H31N3. The van der Waals surface area contributed by atoms with E-state index in [1.807, 2.05) is 0 Å². The van der Waals surface area contributed by atoms with Crippen LogP contribution in [0.1, 0.15) is 72.6 Å². The lowest BCUT2D eigenvalue weighted by atomic mass is 9.73. The summed E-state index contributed by atoms with van der Waals surface area (Å²) in [4.78, 5) is 7.54. The van der Waals surface area contributed by atoms with Crippen molar-refractivity contribution in [2.75, 3.05) is 0 Å². The number of aromatic nitrogens is 2. The van der Waals surface area contributed by atoms with Crippen LogP contribution in [0.5, 0.6) is 0 Å². The van der Waals surface area contributed by atoms with Crippen LogP contribution in [0.25, 0.3) is 0 Å². The Labute approximate surface area is 124 Å². The zero-order valence-electron chi connectivity index (χ0n) is 14.9. The van der Waals surface area contributed by atoms with Gasteiger partial charge in [-0.2, -0.15) is 0 Å². The Morgan fingerprint density at radius 3 is 1.85 bits per heavy atom. The van der Waals surface area contributed by atoms with Gasteiger partial charge in [0, 0.05) is 17.3 Å². The Hall–Kier alpha value is -0.830. The fourth-order valence-corrected chi connectivity index (χ4v) is 4.37. The van der Waals surface area contributed by atoms with Gasteiger partial charge in [-0.15, -0.1) is 0 Å². The van der Waals surface area contributed by atoms with Crippen LogP contribution in [0.15, 0.2) is 0 Å². The molecule has 0 fully saturated rings. The van der Waals surface area contributed by atoms with E-state index in [1.54, 1.807) is 0 Å². The van der Waals surface area contributed by atoms with Crippen molar-refractivity contribution in [3.8, 4) is 0 Å². The summed E-state index contributed by atoms with van der Waals surface area (Å²) in [7, 11) is 0. The first-order chi connectivity index (χ1) is 8.86. The summed E-state index contributed by atoms with van der Waals surface area (Å²) in [5.74, 6) is 1.20. The van der Waals surface area contributed by atoms with Crippen molar-refractivity contribution < 1.29 is 0 Å². The summed E-state index contributed by atoms with van der Waals surface area (Å²) in [6.45, 7) is 22.9. The average Bonchev–Trinajstić information content (AvgIpc) is 2.53. The Balaban J connectivity index is 2.85. The number of hydrogen-bond acceptors (Lipinski definition) is 2. The summed E-state index contributed by atoms with van der Waals surface area (Å²) >= 11 is 0. The molecule has 0 aliphatic carbocycles. The summed E-state index contributed by atoms with van der Waals surface area (Å²) in [5.41, 5.74) is 2.45. The highest BCUT2D eigenvalue weighted by Gasteiger charge is 2.56. The SMILES string of the molecule is Cc1nc2n(c1C)C(C)(C)C(C)(C)N(C(C)C)C2(C)C. The van der Waals surface area contributed by atoms with E-state index in [-0.39, 0.29) is 16.6 Å². The highest BCUT2D eigenvalue weighted by molar-refractivity contribution is 5.28. The largest absolute Gasteiger partial charge is 0.323 e. The Kier molecular flexibility index (Phi) is 3.18. The van der Waals surface area contributed by atoms with Crippen molar-refractivity contribution >= 4 is 0 Å².